The summed E-state index contributed by atoms with van der Waals surface area (Å²) in [6.07, 6.45) is 3.15. The van der Waals surface area contributed by atoms with Crippen molar-refractivity contribution in [2.45, 2.75) is 11.5 Å². The molecule has 0 aliphatic carbocycles. The molecule has 0 aliphatic heterocycles. The van der Waals surface area contributed by atoms with Crippen molar-refractivity contribution in [3.63, 3.8) is 0 Å². The van der Waals surface area contributed by atoms with Gasteiger partial charge >= 0.3 is 0 Å². The number of aromatic nitrogens is 3. The van der Waals surface area contributed by atoms with Crippen LogP contribution < -0.4 is 10.5 Å². The zero-order valence-corrected chi connectivity index (χ0v) is 19.6. The minimum absolute atomic E-state index is 0.116. The molecular weight excluding hydrogens is 497 g/mol. The lowest BCUT2D eigenvalue weighted by Gasteiger charge is -2.14. The summed E-state index contributed by atoms with van der Waals surface area (Å²) in [6, 6.07) is 7.49. The van der Waals surface area contributed by atoms with E-state index in [4.69, 9.17) is 40.5 Å². The summed E-state index contributed by atoms with van der Waals surface area (Å²) in [5, 5.41) is 10.2. The maximum atomic E-state index is 13.1. The van der Waals surface area contributed by atoms with Crippen molar-refractivity contribution >= 4 is 67.4 Å². The maximum absolute atomic E-state index is 13.1. The Morgan fingerprint density at radius 2 is 1.88 bits per heavy atom. The average Bonchev–Trinajstić information content (AvgIpc) is 3.08. The fourth-order valence-corrected chi connectivity index (χ4v) is 5.72. The van der Waals surface area contributed by atoms with Crippen molar-refractivity contribution in [3.05, 3.63) is 63.5 Å². The van der Waals surface area contributed by atoms with Crippen molar-refractivity contribution in [1.82, 2.24) is 14.5 Å². The number of hydrogen-bond donors (Lipinski definition) is 3. The Hall–Kier alpha value is -2.56. The van der Waals surface area contributed by atoms with E-state index in [0.29, 0.717) is 22.2 Å². The van der Waals surface area contributed by atoms with Crippen LogP contribution in [0, 0.1) is 0 Å². The number of nitrogen functional groups attached to an aromatic ring is 1. The number of fused-ring (bicyclic) bond motifs is 1. The number of benzene rings is 2. The van der Waals surface area contributed by atoms with E-state index in [0.717, 1.165) is 0 Å². The van der Waals surface area contributed by atoms with Gasteiger partial charge in [0.25, 0.3) is 10.0 Å². The molecule has 2 heterocycles. The lowest BCUT2D eigenvalue weighted by Crippen LogP contribution is -2.14. The molecule has 0 bridgehead atoms. The van der Waals surface area contributed by atoms with E-state index in [9.17, 15) is 13.5 Å². The molecule has 0 saturated carbocycles. The number of nitrogens with two attached hydrogens (primary N) is 1. The Morgan fingerprint density at radius 3 is 2.59 bits per heavy atom. The Morgan fingerprint density at radius 1 is 1.12 bits per heavy atom. The summed E-state index contributed by atoms with van der Waals surface area (Å²) in [5.41, 5.74) is 8.16. The monoisotopic (exact) mass is 511 g/mol. The first-order valence-corrected chi connectivity index (χ1v) is 11.7. The van der Waals surface area contributed by atoms with E-state index in [1.165, 1.54) is 24.5 Å². The fourth-order valence-electron chi connectivity index (χ4n) is 3.39. The Kier molecular flexibility index (Phi) is 5.95. The topological polar surface area (TPSA) is 123 Å². The molecule has 4 rings (SSSR count). The first-order chi connectivity index (χ1) is 15.1. The molecule has 166 valence electrons. The van der Waals surface area contributed by atoms with Crippen LogP contribution in [0.15, 0.2) is 47.8 Å². The highest BCUT2D eigenvalue weighted by atomic mass is 35.5. The Bertz CT molecular complexity index is 1470. The van der Waals surface area contributed by atoms with E-state index in [1.807, 2.05) is 0 Å². The smallest absolute Gasteiger partial charge is 0.263 e. The van der Waals surface area contributed by atoms with Crippen LogP contribution in [0.5, 0.6) is 0 Å². The van der Waals surface area contributed by atoms with Gasteiger partial charge in [-0.05, 0) is 23.8 Å². The lowest BCUT2D eigenvalue weighted by molar-refractivity contribution is 0.281. The quantitative estimate of drug-likeness (QED) is 0.362. The van der Waals surface area contributed by atoms with Crippen LogP contribution in [0.1, 0.15) is 5.56 Å². The summed E-state index contributed by atoms with van der Waals surface area (Å²) in [7, 11) is -2.38. The van der Waals surface area contributed by atoms with Crippen LogP contribution in [0.25, 0.3) is 22.2 Å². The molecule has 0 saturated heterocycles. The zero-order chi connectivity index (χ0) is 23.2. The molecule has 8 nitrogen and oxygen atoms in total. The van der Waals surface area contributed by atoms with Gasteiger partial charge in [-0.1, -0.05) is 46.9 Å². The highest BCUT2D eigenvalue weighted by Gasteiger charge is 2.24. The molecular formula is C20H16Cl3N5O3S. The van der Waals surface area contributed by atoms with Crippen molar-refractivity contribution < 1.29 is 13.5 Å². The van der Waals surface area contributed by atoms with Gasteiger partial charge < -0.3 is 15.4 Å². The largest absolute Gasteiger partial charge is 0.392 e. The van der Waals surface area contributed by atoms with Crippen molar-refractivity contribution in [1.29, 1.82) is 0 Å². The maximum Gasteiger partial charge on any atom is 0.263 e. The molecule has 0 spiro atoms. The molecule has 12 heteroatoms. The first kappa shape index (κ1) is 22.6. The average molecular weight is 513 g/mol. The van der Waals surface area contributed by atoms with Crippen LogP contribution in [0.2, 0.25) is 15.1 Å². The van der Waals surface area contributed by atoms with Crippen molar-refractivity contribution in [2.24, 2.45) is 7.05 Å². The van der Waals surface area contributed by atoms with E-state index >= 15 is 0 Å². The van der Waals surface area contributed by atoms with Crippen LogP contribution in [0.3, 0.4) is 0 Å². The Balaban J connectivity index is 1.83. The minimum Gasteiger partial charge on any atom is -0.392 e. The highest BCUT2D eigenvalue weighted by molar-refractivity contribution is 7.92. The second-order valence-electron chi connectivity index (χ2n) is 6.92. The molecule has 32 heavy (non-hydrogen) atoms. The number of hydrogen-bond acceptors (Lipinski definition) is 6. The molecule has 4 N–H and O–H groups in total. The van der Waals surface area contributed by atoms with E-state index < -0.39 is 16.6 Å². The first-order valence-electron chi connectivity index (χ1n) is 9.10. The third kappa shape index (κ3) is 3.87. The van der Waals surface area contributed by atoms with Crippen molar-refractivity contribution in [3.8, 4) is 11.1 Å². The standard InChI is InChI=1S/C20H16Cl3N5O3S/c1-28-7-13(16-19(24)25-9-26-20(16)28)12-3-2-4-14(18(12)23)27-32(30,31)15-6-11(21)5-10(8-29)17(15)22/h2-7,9,27,29H,8H2,1H3,(H2,24,25,26). The van der Waals surface area contributed by atoms with Crippen LogP contribution in [-0.2, 0) is 23.7 Å². The number of aliphatic hydroxyl groups excluding tert-OH is 1. The van der Waals surface area contributed by atoms with Gasteiger partial charge in [0, 0.05) is 29.4 Å². The molecule has 0 aliphatic rings. The number of aryl methyl sites for hydroxylation is 1. The SMILES string of the molecule is Cn1cc(-c2cccc(NS(=O)(=O)c3cc(Cl)cc(CO)c3Cl)c2Cl)c2c(N)ncnc21. The molecule has 0 unspecified atom stereocenters. The normalized spacial score (nSPS) is 11.8. The zero-order valence-electron chi connectivity index (χ0n) is 16.5. The van der Waals surface area contributed by atoms with Gasteiger partial charge in [0.15, 0.2) is 0 Å². The van der Waals surface area contributed by atoms with Gasteiger partial charge in [-0.2, -0.15) is 0 Å². The van der Waals surface area contributed by atoms with Gasteiger partial charge in [0.1, 0.15) is 22.7 Å². The van der Waals surface area contributed by atoms with Crippen LogP contribution in [0.4, 0.5) is 11.5 Å². The number of nitrogens with zero attached hydrogens (tertiary/aromatic N) is 3. The number of aliphatic hydroxyl groups is 1. The molecule has 2 aromatic heterocycles. The van der Waals surface area contributed by atoms with Crippen molar-refractivity contribution in [2.75, 3.05) is 10.5 Å². The molecule has 0 fully saturated rings. The molecule has 2 aromatic carbocycles. The summed E-state index contributed by atoms with van der Waals surface area (Å²) in [4.78, 5) is 8.01. The van der Waals surface area contributed by atoms with Crippen LogP contribution in [-0.4, -0.2) is 28.1 Å². The number of sulfonamides is 1. The molecule has 0 atom stereocenters. The summed E-state index contributed by atoms with van der Waals surface area (Å²) < 4.78 is 30.4. The number of halogens is 3. The third-order valence-electron chi connectivity index (χ3n) is 4.86. The summed E-state index contributed by atoms with van der Waals surface area (Å²) >= 11 is 18.8. The third-order valence-corrected chi connectivity index (χ3v) is 7.43. The van der Waals surface area contributed by atoms with E-state index in [-0.39, 0.29) is 37.0 Å². The van der Waals surface area contributed by atoms with E-state index in [2.05, 4.69) is 14.7 Å². The van der Waals surface area contributed by atoms with Gasteiger partial charge in [0.05, 0.1) is 27.7 Å². The fraction of sp³-hybridized carbons (Fsp3) is 0.100. The number of rotatable bonds is 5. The van der Waals surface area contributed by atoms with Crippen LogP contribution >= 0.6 is 34.8 Å². The minimum atomic E-state index is -4.18. The van der Waals surface area contributed by atoms with Gasteiger partial charge in [-0.3, -0.25) is 4.72 Å². The number of nitrogens with one attached hydrogen (secondary N) is 1. The molecule has 0 radical (unpaired) electrons. The van der Waals surface area contributed by atoms with Gasteiger partial charge in [-0.25, -0.2) is 18.4 Å². The second-order valence-corrected chi connectivity index (χ2v) is 9.76. The van der Waals surface area contributed by atoms with Gasteiger partial charge in [-0.15, -0.1) is 0 Å². The molecule has 0 amide bonds. The number of anilines is 2. The summed E-state index contributed by atoms with van der Waals surface area (Å²) in [6.45, 7) is -0.470. The van der Waals surface area contributed by atoms with Gasteiger partial charge in [0.2, 0.25) is 0 Å². The predicted octanol–water partition coefficient (Wildman–Crippen LogP) is 4.47. The highest BCUT2D eigenvalue weighted by Crippen LogP contribution is 2.40. The Labute approximate surface area is 198 Å². The molecule has 4 aromatic rings. The summed E-state index contributed by atoms with van der Waals surface area (Å²) in [5.74, 6) is 0.273. The van der Waals surface area contributed by atoms with E-state index in [1.54, 1.807) is 29.9 Å². The second kappa shape index (κ2) is 8.42. The lowest BCUT2D eigenvalue weighted by atomic mass is 10.1. The predicted molar refractivity (Wildman–Crippen MR) is 127 cm³/mol.